The molecule has 2 rings (SSSR count). The van der Waals surface area contributed by atoms with Gasteiger partial charge in [0.05, 0.1) is 11.6 Å². The summed E-state index contributed by atoms with van der Waals surface area (Å²) in [6.07, 6.45) is 0. The number of hydrogen-bond donors (Lipinski definition) is 1. The highest BCUT2D eigenvalue weighted by Crippen LogP contribution is 2.31. The lowest BCUT2D eigenvalue weighted by molar-refractivity contribution is 0.0978. The Morgan fingerprint density at radius 1 is 1.16 bits per heavy atom. The Morgan fingerprint density at radius 2 is 1.89 bits per heavy atom. The second-order valence-electron chi connectivity index (χ2n) is 4.39. The van der Waals surface area contributed by atoms with Crippen LogP contribution in [0.25, 0.3) is 0 Å². The SMILES string of the molecule is CC(O)(c1cccc(C#N)c1)c1ccc(F)cc1F. The third kappa shape index (κ3) is 2.47. The summed E-state index contributed by atoms with van der Waals surface area (Å²) >= 11 is 0. The average molecular weight is 259 g/mol. The van der Waals surface area contributed by atoms with Crippen LogP contribution >= 0.6 is 0 Å². The van der Waals surface area contributed by atoms with Crippen LogP contribution < -0.4 is 0 Å². The predicted octanol–water partition coefficient (Wildman–Crippen LogP) is 3.09. The van der Waals surface area contributed by atoms with Crippen molar-refractivity contribution in [1.29, 1.82) is 5.26 Å². The van der Waals surface area contributed by atoms with E-state index in [0.29, 0.717) is 11.1 Å². The summed E-state index contributed by atoms with van der Waals surface area (Å²) in [5, 5.41) is 19.3. The molecular formula is C15H11F2NO. The molecule has 96 valence electrons. The van der Waals surface area contributed by atoms with Crippen molar-refractivity contribution >= 4 is 0 Å². The fraction of sp³-hybridized carbons (Fsp3) is 0.133. The minimum absolute atomic E-state index is 0.0380. The number of rotatable bonds is 2. The standard InChI is InChI=1S/C15H11F2NO/c1-15(19,11-4-2-3-10(7-11)9-18)13-6-5-12(16)8-14(13)17/h2-8,19H,1H3. The first-order chi connectivity index (χ1) is 8.95. The number of benzene rings is 2. The van der Waals surface area contributed by atoms with Crippen LogP contribution in [0.3, 0.4) is 0 Å². The molecule has 4 heteroatoms. The highest BCUT2D eigenvalue weighted by molar-refractivity contribution is 5.41. The van der Waals surface area contributed by atoms with E-state index < -0.39 is 17.2 Å². The number of nitriles is 1. The highest BCUT2D eigenvalue weighted by Gasteiger charge is 2.29. The zero-order valence-corrected chi connectivity index (χ0v) is 10.2. The molecule has 1 atom stereocenters. The van der Waals surface area contributed by atoms with Crippen molar-refractivity contribution in [2.24, 2.45) is 0 Å². The third-order valence-electron chi connectivity index (χ3n) is 3.01. The predicted molar refractivity (Wildman–Crippen MR) is 66.2 cm³/mol. The minimum atomic E-state index is -1.63. The van der Waals surface area contributed by atoms with Crippen LogP contribution in [0.2, 0.25) is 0 Å². The lowest BCUT2D eigenvalue weighted by Crippen LogP contribution is -2.24. The van der Waals surface area contributed by atoms with Gasteiger partial charge in [-0.15, -0.1) is 0 Å². The molecule has 2 aromatic carbocycles. The van der Waals surface area contributed by atoms with Gasteiger partial charge >= 0.3 is 0 Å². The monoisotopic (exact) mass is 259 g/mol. The van der Waals surface area contributed by atoms with Gasteiger partial charge in [0.1, 0.15) is 17.2 Å². The van der Waals surface area contributed by atoms with Crippen LogP contribution in [-0.4, -0.2) is 5.11 Å². The topological polar surface area (TPSA) is 44.0 Å². The molecule has 19 heavy (non-hydrogen) atoms. The smallest absolute Gasteiger partial charge is 0.132 e. The van der Waals surface area contributed by atoms with Gasteiger partial charge in [-0.05, 0) is 36.8 Å². The maximum absolute atomic E-state index is 13.7. The Labute approximate surface area is 109 Å². The summed E-state index contributed by atoms with van der Waals surface area (Å²) in [6.45, 7) is 1.40. The Morgan fingerprint density at radius 3 is 2.53 bits per heavy atom. The molecule has 0 saturated heterocycles. The molecule has 0 spiro atoms. The zero-order chi connectivity index (χ0) is 14.0. The van der Waals surface area contributed by atoms with Crippen LogP contribution in [0, 0.1) is 23.0 Å². The molecule has 0 amide bonds. The zero-order valence-electron chi connectivity index (χ0n) is 10.2. The van der Waals surface area contributed by atoms with Crippen LogP contribution in [-0.2, 0) is 5.60 Å². The molecule has 0 heterocycles. The summed E-state index contributed by atoms with van der Waals surface area (Å²) in [7, 11) is 0. The molecule has 0 saturated carbocycles. The summed E-state index contributed by atoms with van der Waals surface area (Å²) in [4.78, 5) is 0. The molecule has 1 N–H and O–H groups in total. The van der Waals surface area contributed by atoms with Crippen molar-refractivity contribution in [1.82, 2.24) is 0 Å². The van der Waals surface area contributed by atoms with E-state index >= 15 is 0 Å². The Kier molecular flexibility index (Phi) is 3.32. The number of aliphatic hydroxyl groups is 1. The second kappa shape index (κ2) is 4.79. The largest absolute Gasteiger partial charge is 0.381 e. The van der Waals surface area contributed by atoms with E-state index in [2.05, 4.69) is 0 Å². The van der Waals surface area contributed by atoms with Gasteiger partial charge in [-0.3, -0.25) is 0 Å². The van der Waals surface area contributed by atoms with Gasteiger partial charge in [0, 0.05) is 11.6 Å². The Bertz CT molecular complexity index is 659. The van der Waals surface area contributed by atoms with Crippen molar-refractivity contribution in [2.75, 3.05) is 0 Å². The fourth-order valence-electron chi connectivity index (χ4n) is 1.93. The molecule has 0 aromatic heterocycles. The van der Waals surface area contributed by atoms with E-state index in [-0.39, 0.29) is 5.56 Å². The summed E-state index contributed by atoms with van der Waals surface area (Å²) in [6, 6.07) is 11.2. The molecule has 0 aliphatic carbocycles. The fourth-order valence-corrected chi connectivity index (χ4v) is 1.93. The van der Waals surface area contributed by atoms with Crippen molar-refractivity contribution in [3.8, 4) is 6.07 Å². The van der Waals surface area contributed by atoms with E-state index in [1.165, 1.54) is 19.1 Å². The first kappa shape index (κ1) is 13.2. The van der Waals surface area contributed by atoms with Crippen molar-refractivity contribution < 1.29 is 13.9 Å². The average Bonchev–Trinajstić information content (AvgIpc) is 2.38. The molecule has 0 aliphatic rings. The van der Waals surface area contributed by atoms with E-state index in [1.807, 2.05) is 6.07 Å². The first-order valence-corrected chi connectivity index (χ1v) is 5.63. The minimum Gasteiger partial charge on any atom is -0.381 e. The maximum Gasteiger partial charge on any atom is 0.132 e. The first-order valence-electron chi connectivity index (χ1n) is 5.63. The van der Waals surface area contributed by atoms with Crippen LogP contribution in [0.15, 0.2) is 42.5 Å². The van der Waals surface area contributed by atoms with Gasteiger partial charge in [-0.2, -0.15) is 5.26 Å². The summed E-state index contributed by atoms with van der Waals surface area (Å²) < 4.78 is 26.6. The second-order valence-corrected chi connectivity index (χ2v) is 4.39. The quantitative estimate of drug-likeness (QED) is 0.900. The van der Waals surface area contributed by atoms with Crippen molar-refractivity contribution in [2.45, 2.75) is 12.5 Å². The van der Waals surface area contributed by atoms with Gasteiger partial charge in [-0.1, -0.05) is 12.1 Å². The van der Waals surface area contributed by atoms with E-state index in [1.54, 1.807) is 18.2 Å². The summed E-state index contributed by atoms with van der Waals surface area (Å²) in [5.41, 5.74) is -0.939. The molecule has 0 aliphatic heterocycles. The number of hydrogen-bond acceptors (Lipinski definition) is 2. The van der Waals surface area contributed by atoms with Gasteiger partial charge in [0.2, 0.25) is 0 Å². The van der Waals surface area contributed by atoms with Crippen molar-refractivity contribution in [3.05, 3.63) is 70.8 Å². The summed E-state index contributed by atoms with van der Waals surface area (Å²) in [5.74, 6) is -1.53. The molecular weight excluding hydrogens is 248 g/mol. The van der Waals surface area contributed by atoms with E-state index in [4.69, 9.17) is 5.26 Å². The van der Waals surface area contributed by atoms with Crippen LogP contribution in [0.4, 0.5) is 8.78 Å². The third-order valence-corrected chi connectivity index (χ3v) is 3.01. The van der Waals surface area contributed by atoms with Gasteiger partial charge in [-0.25, -0.2) is 8.78 Å². The van der Waals surface area contributed by atoms with Gasteiger partial charge < -0.3 is 5.11 Å². The molecule has 2 nitrogen and oxygen atoms in total. The van der Waals surface area contributed by atoms with E-state index in [9.17, 15) is 13.9 Å². The van der Waals surface area contributed by atoms with Gasteiger partial charge in [0.15, 0.2) is 0 Å². The molecule has 2 aromatic rings. The molecule has 0 bridgehead atoms. The number of nitrogens with zero attached hydrogens (tertiary/aromatic N) is 1. The molecule has 1 unspecified atom stereocenters. The molecule has 0 radical (unpaired) electrons. The Balaban J connectivity index is 2.55. The lowest BCUT2D eigenvalue weighted by atomic mass is 9.87. The normalized spacial score (nSPS) is 13.6. The van der Waals surface area contributed by atoms with Crippen molar-refractivity contribution in [3.63, 3.8) is 0 Å². The highest BCUT2D eigenvalue weighted by atomic mass is 19.1. The molecule has 0 fully saturated rings. The van der Waals surface area contributed by atoms with Crippen LogP contribution in [0.1, 0.15) is 23.6 Å². The van der Waals surface area contributed by atoms with E-state index in [0.717, 1.165) is 12.1 Å². The van der Waals surface area contributed by atoms with Gasteiger partial charge in [0.25, 0.3) is 0 Å². The maximum atomic E-state index is 13.7. The number of halogens is 2. The Hall–Kier alpha value is -2.25. The lowest BCUT2D eigenvalue weighted by Gasteiger charge is -2.25. The van der Waals surface area contributed by atoms with Crippen LogP contribution in [0.5, 0.6) is 0 Å².